The van der Waals surface area contributed by atoms with E-state index in [0.29, 0.717) is 5.92 Å². The van der Waals surface area contributed by atoms with E-state index >= 15 is 0 Å². The van der Waals surface area contributed by atoms with E-state index < -0.39 is 0 Å². The molecule has 0 bridgehead atoms. The summed E-state index contributed by atoms with van der Waals surface area (Å²) in [6.07, 6.45) is 4.90. The molecule has 0 N–H and O–H groups in total. The van der Waals surface area contributed by atoms with Gasteiger partial charge in [-0.1, -0.05) is 56.3 Å². The fraction of sp³-hybridized carbons (Fsp3) is 0.400. The summed E-state index contributed by atoms with van der Waals surface area (Å²) in [7, 11) is 0. The predicted molar refractivity (Wildman–Crippen MR) is 91.3 cm³/mol. The highest BCUT2D eigenvalue weighted by Crippen LogP contribution is 2.33. The van der Waals surface area contributed by atoms with Crippen molar-refractivity contribution in [1.82, 2.24) is 0 Å². The van der Waals surface area contributed by atoms with Crippen LogP contribution >= 0.6 is 11.6 Å². The van der Waals surface area contributed by atoms with Gasteiger partial charge in [-0.3, -0.25) is 0 Å². The van der Waals surface area contributed by atoms with E-state index in [2.05, 4.69) is 56.3 Å². The van der Waals surface area contributed by atoms with Gasteiger partial charge >= 0.3 is 0 Å². The Bertz CT molecular complexity index is 612. The van der Waals surface area contributed by atoms with Gasteiger partial charge in [-0.2, -0.15) is 0 Å². The molecule has 21 heavy (non-hydrogen) atoms. The summed E-state index contributed by atoms with van der Waals surface area (Å²) in [6, 6.07) is 15.6. The number of hydrogen-bond acceptors (Lipinski definition) is 0. The number of alkyl halides is 1. The van der Waals surface area contributed by atoms with Crippen molar-refractivity contribution in [3.05, 3.63) is 70.3 Å². The van der Waals surface area contributed by atoms with E-state index in [1.54, 1.807) is 0 Å². The Labute approximate surface area is 133 Å². The molecular formula is C20H23Cl. The Balaban J connectivity index is 1.83. The predicted octanol–water partition coefficient (Wildman–Crippen LogP) is 6.02. The molecule has 0 aromatic heterocycles. The molecule has 0 radical (unpaired) electrons. The molecule has 2 aromatic carbocycles. The lowest BCUT2D eigenvalue weighted by Gasteiger charge is -2.14. The molecule has 0 aliphatic heterocycles. The van der Waals surface area contributed by atoms with Crippen LogP contribution in [0.1, 0.15) is 65.8 Å². The van der Waals surface area contributed by atoms with Gasteiger partial charge in [-0.05, 0) is 59.4 Å². The van der Waals surface area contributed by atoms with E-state index in [1.165, 1.54) is 53.5 Å². The normalized spacial score (nSPS) is 16.5. The van der Waals surface area contributed by atoms with E-state index in [9.17, 15) is 0 Å². The topological polar surface area (TPSA) is 0 Å². The lowest BCUT2D eigenvalue weighted by molar-refractivity contribution is 0.733. The molecule has 0 spiro atoms. The Kier molecular flexibility index (Phi) is 4.35. The summed E-state index contributed by atoms with van der Waals surface area (Å²) in [4.78, 5) is 0. The number of benzene rings is 2. The number of fused-ring (bicyclic) bond motifs is 1. The SMILES string of the molecule is CCC(C)c1ccc(C(Cl)c2ccc3c(c2)CCC3)cc1. The van der Waals surface area contributed by atoms with E-state index in [0.717, 1.165) is 0 Å². The average Bonchev–Trinajstić information content (AvgIpc) is 3.01. The van der Waals surface area contributed by atoms with Crippen molar-refractivity contribution in [1.29, 1.82) is 0 Å². The molecule has 0 amide bonds. The third-order valence-electron chi connectivity index (χ3n) is 4.83. The van der Waals surface area contributed by atoms with Crippen LogP contribution in [0, 0.1) is 0 Å². The van der Waals surface area contributed by atoms with Gasteiger partial charge in [0.25, 0.3) is 0 Å². The van der Waals surface area contributed by atoms with Crippen molar-refractivity contribution in [3.63, 3.8) is 0 Å². The Morgan fingerprint density at radius 3 is 2.24 bits per heavy atom. The molecule has 2 atom stereocenters. The third kappa shape index (κ3) is 3.01. The van der Waals surface area contributed by atoms with Crippen LogP contribution in [0.5, 0.6) is 0 Å². The molecule has 1 aliphatic rings. The van der Waals surface area contributed by atoms with Crippen LogP contribution in [0.25, 0.3) is 0 Å². The van der Waals surface area contributed by atoms with Crippen LogP contribution in [-0.4, -0.2) is 0 Å². The van der Waals surface area contributed by atoms with E-state index in [-0.39, 0.29) is 5.38 Å². The van der Waals surface area contributed by atoms with Crippen LogP contribution in [0.4, 0.5) is 0 Å². The molecule has 0 fully saturated rings. The van der Waals surface area contributed by atoms with Crippen molar-refractivity contribution in [2.24, 2.45) is 0 Å². The van der Waals surface area contributed by atoms with Gasteiger partial charge in [-0.25, -0.2) is 0 Å². The zero-order valence-electron chi connectivity index (χ0n) is 12.9. The fourth-order valence-electron chi connectivity index (χ4n) is 3.17. The van der Waals surface area contributed by atoms with Gasteiger partial charge in [0.15, 0.2) is 0 Å². The first-order valence-electron chi connectivity index (χ1n) is 8.04. The maximum Gasteiger partial charge on any atom is 0.0835 e. The van der Waals surface area contributed by atoms with E-state index in [1.807, 2.05) is 0 Å². The van der Waals surface area contributed by atoms with Crippen LogP contribution in [-0.2, 0) is 12.8 Å². The molecule has 2 unspecified atom stereocenters. The summed E-state index contributed by atoms with van der Waals surface area (Å²) in [5.41, 5.74) is 6.83. The highest BCUT2D eigenvalue weighted by Gasteiger charge is 2.16. The zero-order valence-corrected chi connectivity index (χ0v) is 13.7. The molecule has 110 valence electrons. The Morgan fingerprint density at radius 2 is 1.52 bits per heavy atom. The highest BCUT2D eigenvalue weighted by atomic mass is 35.5. The Morgan fingerprint density at radius 1 is 0.905 bits per heavy atom. The molecule has 1 aliphatic carbocycles. The van der Waals surface area contributed by atoms with Crippen LogP contribution < -0.4 is 0 Å². The number of halogens is 1. The largest absolute Gasteiger partial charge is 0.113 e. The fourth-order valence-corrected chi connectivity index (χ4v) is 3.45. The molecule has 3 rings (SSSR count). The van der Waals surface area contributed by atoms with Crippen LogP contribution in [0.2, 0.25) is 0 Å². The molecule has 0 saturated heterocycles. The lowest BCUT2D eigenvalue weighted by atomic mass is 9.95. The monoisotopic (exact) mass is 298 g/mol. The molecule has 0 heterocycles. The Hall–Kier alpha value is -1.27. The lowest BCUT2D eigenvalue weighted by Crippen LogP contribution is -1.97. The summed E-state index contributed by atoms with van der Waals surface area (Å²) >= 11 is 6.70. The van der Waals surface area contributed by atoms with Gasteiger partial charge in [-0.15, -0.1) is 11.6 Å². The number of rotatable bonds is 4. The molecule has 1 heteroatoms. The van der Waals surface area contributed by atoms with Crippen molar-refractivity contribution < 1.29 is 0 Å². The molecular weight excluding hydrogens is 276 g/mol. The van der Waals surface area contributed by atoms with Crippen molar-refractivity contribution in [3.8, 4) is 0 Å². The maximum atomic E-state index is 6.70. The standard InChI is InChI=1S/C20H23Cl/c1-3-14(2)15-7-10-17(11-8-15)20(21)19-12-9-16-5-4-6-18(16)13-19/h7-14,20H,3-6H2,1-2H3. The number of aryl methyl sites for hydroxylation is 2. The first kappa shape index (κ1) is 14.7. The minimum absolute atomic E-state index is 0.0399. The summed E-state index contributed by atoms with van der Waals surface area (Å²) < 4.78 is 0. The molecule has 2 aromatic rings. The second-order valence-corrected chi connectivity index (χ2v) is 6.66. The average molecular weight is 299 g/mol. The first-order chi connectivity index (χ1) is 10.2. The van der Waals surface area contributed by atoms with Gasteiger partial charge in [0, 0.05) is 0 Å². The van der Waals surface area contributed by atoms with Crippen molar-refractivity contribution >= 4 is 11.6 Å². The molecule has 0 nitrogen and oxygen atoms in total. The highest BCUT2D eigenvalue weighted by molar-refractivity contribution is 6.22. The van der Waals surface area contributed by atoms with E-state index in [4.69, 9.17) is 11.6 Å². The van der Waals surface area contributed by atoms with Crippen LogP contribution in [0.3, 0.4) is 0 Å². The summed E-state index contributed by atoms with van der Waals surface area (Å²) in [5.74, 6) is 0.618. The summed E-state index contributed by atoms with van der Waals surface area (Å²) in [6.45, 7) is 4.50. The first-order valence-corrected chi connectivity index (χ1v) is 8.48. The minimum Gasteiger partial charge on any atom is -0.113 e. The smallest absolute Gasteiger partial charge is 0.0835 e. The second-order valence-electron chi connectivity index (χ2n) is 6.22. The zero-order chi connectivity index (χ0) is 14.8. The minimum atomic E-state index is -0.0399. The quantitative estimate of drug-likeness (QED) is 0.606. The van der Waals surface area contributed by atoms with Gasteiger partial charge in [0.2, 0.25) is 0 Å². The number of hydrogen-bond donors (Lipinski definition) is 0. The van der Waals surface area contributed by atoms with Gasteiger partial charge in [0.05, 0.1) is 5.38 Å². The summed E-state index contributed by atoms with van der Waals surface area (Å²) in [5, 5.41) is -0.0399. The van der Waals surface area contributed by atoms with Gasteiger partial charge < -0.3 is 0 Å². The second kappa shape index (κ2) is 6.23. The molecule has 0 saturated carbocycles. The maximum absolute atomic E-state index is 6.70. The van der Waals surface area contributed by atoms with Gasteiger partial charge in [0.1, 0.15) is 0 Å². The van der Waals surface area contributed by atoms with Crippen molar-refractivity contribution in [2.75, 3.05) is 0 Å². The van der Waals surface area contributed by atoms with Crippen molar-refractivity contribution in [2.45, 2.75) is 50.8 Å². The third-order valence-corrected chi connectivity index (χ3v) is 5.33. The van der Waals surface area contributed by atoms with Crippen LogP contribution in [0.15, 0.2) is 42.5 Å².